The largest absolute Gasteiger partial charge is 0.443 e. The van der Waals surface area contributed by atoms with Gasteiger partial charge in [-0.1, -0.05) is 128 Å². The van der Waals surface area contributed by atoms with E-state index in [1.54, 1.807) is 60.7 Å². The van der Waals surface area contributed by atoms with Crippen molar-refractivity contribution in [2.24, 2.45) is 0 Å². The van der Waals surface area contributed by atoms with E-state index in [2.05, 4.69) is 19.4 Å². The van der Waals surface area contributed by atoms with Crippen LogP contribution in [0.2, 0.25) is 4.34 Å². The van der Waals surface area contributed by atoms with Crippen molar-refractivity contribution < 1.29 is 25.7 Å². The lowest BCUT2D eigenvalue weighted by molar-refractivity contribution is 0.363. The minimum absolute atomic E-state index is 0.147. The maximum Gasteiger partial charge on any atom is 0.263 e. The first-order chi connectivity index (χ1) is 27.1. The van der Waals surface area contributed by atoms with Crippen LogP contribution in [-0.2, 0) is 32.9 Å². The second-order valence-electron chi connectivity index (χ2n) is 13.2. The zero-order chi connectivity index (χ0) is 39.0. The molecule has 0 amide bonds. The van der Waals surface area contributed by atoms with Gasteiger partial charge in [-0.15, -0.1) is 11.3 Å². The number of halogens is 1. The highest BCUT2D eigenvalue weighted by atomic mass is 35.5. The van der Waals surface area contributed by atoms with Crippen molar-refractivity contribution in [3.05, 3.63) is 166 Å². The van der Waals surface area contributed by atoms with E-state index in [0.717, 1.165) is 36.8 Å². The molecule has 0 atom stereocenters. The molecule has 3 aromatic heterocycles. The predicted molar refractivity (Wildman–Crippen MR) is 220 cm³/mol. The summed E-state index contributed by atoms with van der Waals surface area (Å²) < 4.78 is 68.9. The summed E-state index contributed by atoms with van der Waals surface area (Å²) >= 11 is 7.34. The van der Waals surface area contributed by atoms with E-state index in [4.69, 9.17) is 20.4 Å². The summed E-state index contributed by atoms with van der Waals surface area (Å²) in [6, 6.07) is 39.6. The summed E-state index contributed by atoms with van der Waals surface area (Å²) in [5.74, 6) is 2.66. The Balaban J connectivity index is 0.000000172. The van der Waals surface area contributed by atoms with Crippen LogP contribution in [0, 0.1) is 0 Å². The van der Waals surface area contributed by atoms with Crippen LogP contribution in [0.5, 0.6) is 0 Å². The molecule has 0 saturated heterocycles. The van der Waals surface area contributed by atoms with Crippen LogP contribution in [0.3, 0.4) is 0 Å². The van der Waals surface area contributed by atoms with Crippen molar-refractivity contribution >= 4 is 54.6 Å². The zero-order valence-electron chi connectivity index (χ0n) is 30.2. The van der Waals surface area contributed by atoms with Gasteiger partial charge >= 0.3 is 0 Å². The van der Waals surface area contributed by atoms with Crippen molar-refractivity contribution in [2.75, 3.05) is 9.44 Å². The van der Waals surface area contributed by atoms with Crippen molar-refractivity contribution in [2.45, 2.75) is 60.7 Å². The average Bonchev–Trinajstić information content (AvgIpc) is 3.94. The average molecular weight is 827 g/mol. The second-order valence-corrected chi connectivity index (χ2v) is 18.3. The van der Waals surface area contributed by atoms with Gasteiger partial charge < -0.3 is 8.83 Å². The van der Waals surface area contributed by atoms with Crippen molar-refractivity contribution in [1.82, 2.24) is 9.97 Å². The van der Waals surface area contributed by atoms with E-state index < -0.39 is 20.0 Å². The maximum absolute atomic E-state index is 12.8. The van der Waals surface area contributed by atoms with E-state index in [1.165, 1.54) is 29.9 Å². The fraction of sp³-hybridized carbons (Fsp3) is 0.190. The third-order valence-electron chi connectivity index (χ3n) is 9.11. The van der Waals surface area contributed by atoms with Gasteiger partial charge in [-0.25, -0.2) is 16.8 Å². The summed E-state index contributed by atoms with van der Waals surface area (Å²) in [7, 11) is -7.50. The van der Waals surface area contributed by atoms with Gasteiger partial charge in [0.25, 0.3) is 20.0 Å². The Labute approximate surface area is 335 Å². The molecule has 14 heteroatoms. The quantitative estimate of drug-likeness (QED) is 0.124. The molecular formula is C42H39ClN4O6S3. The van der Waals surface area contributed by atoms with E-state index >= 15 is 0 Å². The van der Waals surface area contributed by atoms with Crippen LogP contribution in [0.15, 0.2) is 152 Å². The number of hydrogen-bond acceptors (Lipinski definition) is 9. The minimum Gasteiger partial charge on any atom is -0.443 e. The molecule has 0 radical (unpaired) electrons. The molecular weight excluding hydrogens is 788 g/mol. The van der Waals surface area contributed by atoms with E-state index in [0.29, 0.717) is 51.2 Å². The maximum atomic E-state index is 12.8. The number of nitrogens with one attached hydrogen (secondary N) is 2. The Morgan fingerprint density at radius 3 is 1.55 bits per heavy atom. The zero-order valence-corrected chi connectivity index (χ0v) is 33.4. The molecule has 0 aliphatic heterocycles. The van der Waals surface area contributed by atoms with Gasteiger partial charge in [0, 0.05) is 18.8 Å². The van der Waals surface area contributed by atoms with Gasteiger partial charge in [0.2, 0.25) is 11.8 Å². The molecule has 1 saturated carbocycles. The Morgan fingerprint density at radius 2 is 1.05 bits per heavy atom. The number of nitrogens with zero attached hydrogens (tertiary/aromatic N) is 2. The second kappa shape index (κ2) is 17.7. The molecule has 1 fully saturated rings. The number of oxazole rings is 2. The minimum atomic E-state index is -3.80. The summed E-state index contributed by atoms with van der Waals surface area (Å²) in [6.45, 7) is 0. The summed E-state index contributed by atoms with van der Waals surface area (Å²) in [5, 5.41) is 0. The number of sulfonamides is 2. The third kappa shape index (κ3) is 9.96. The van der Waals surface area contributed by atoms with Crippen molar-refractivity contribution in [3.63, 3.8) is 0 Å². The Hall–Kier alpha value is -5.21. The Bertz CT molecular complexity index is 2560. The first-order valence-corrected chi connectivity index (χ1v) is 22.3. The smallest absolute Gasteiger partial charge is 0.263 e. The van der Waals surface area contributed by atoms with Crippen LogP contribution < -0.4 is 9.44 Å². The third-order valence-corrected chi connectivity index (χ3v) is 13.0. The van der Waals surface area contributed by atoms with E-state index in [-0.39, 0.29) is 21.5 Å². The molecule has 8 rings (SSSR count). The molecule has 0 unspecified atom stereocenters. The predicted octanol–water partition coefficient (Wildman–Crippen LogP) is 10.6. The van der Waals surface area contributed by atoms with Crippen LogP contribution in [-0.4, -0.2) is 26.8 Å². The lowest BCUT2D eigenvalue weighted by Crippen LogP contribution is -2.15. The number of aromatic nitrogens is 2. The molecule has 3 heterocycles. The molecule has 10 nitrogen and oxygen atoms in total. The molecule has 2 N–H and O–H groups in total. The van der Waals surface area contributed by atoms with Gasteiger partial charge in [0.1, 0.15) is 0 Å². The Kier molecular flexibility index (Phi) is 12.4. The SMILES string of the molecule is O=S(=O)(Nc1nc(Cc2ccccc2)oc1-c1ccc(Cl)s1)c1ccccc1.O=S(=O)(Nc1nc(Cc2ccccc2)oc1C1CCCCC1)c1ccccc1. The molecule has 4 aromatic carbocycles. The van der Waals surface area contributed by atoms with Crippen LogP contribution in [0.25, 0.3) is 10.6 Å². The van der Waals surface area contributed by atoms with Gasteiger partial charge in [-0.05, 0) is 60.4 Å². The normalized spacial score (nSPS) is 13.4. The summed E-state index contributed by atoms with van der Waals surface area (Å²) in [4.78, 5) is 10.0. The van der Waals surface area contributed by atoms with E-state index in [1.807, 2.05) is 60.7 Å². The van der Waals surface area contributed by atoms with Crippen LogP contribution in [0.1, 0.15) is 66.7 Å². The molecule has 1 aliphatic rings. The van der Waals surface area contributed by atoms with Gasteiger partial charge in [0.15, 0.2) is 23.2 Å². The molecule has 7 aromatic rings. The summed E-state index contributed by atoms with van der Waals surface area (Å²) in [5.41, 5.74) is 2.09. The fourth-order valence-corrected chi connectivity index (χ4v) is 9.48. The lowest BCUT2D eigenvalue weighted by Gasteiger charge is -2.20. The molecule has 288 valence electrons. The Morgan fingerprint density at radius 1 is 0.589 bits per heavy atom. The van der Waals surface area contributed by atoms with Gasteiger partial charge in [-0.3, -0.25) is 9.44 Å². The highest BCUT2D eigenvalue weighted by molar-refractivity contribution is 7.93. The van der Waals surface area contributed by atoms with E-state index in [9.17, 15) is 16.8 Å². The van der Waals surface area contributed by atoms with Gasteiger partial charge in [-0.2, -0.15) is 9.97 Å². The molecule has 56 heavy (non-hydrogen) atoms. The molecule has 0 bridgehead atoms. The number of hydrogen-bond donors (Lipinski definition) is 2. The van der Waals surface area contributed by atoms with Crippen molar-refractivity contribution in [3.8, 4) is 10.6 Å². The molecule has 1 aliphatic carbocycles. The fourth-order valence-electron chi connectivity index (χ4n) is 6.39. The molecule has 0 spiro atoms. The highest BCUT2D eigenvalue weighted by Gasteiger charge is 2.28. The number of benzene rings is 4. The topological polar surface area (TPSA) is 144 Å². The van der Waals surface area contributed by atoms with Crippen molar-refractivity contribution in [1.29, 1.82) is 0 Å². The number of rotatable bonds is 12. The standard InChI is InChI=1S/C22H24N2O3S.C20H15ClN2O3S2/c25-28(26,19-14-8-3-9-15-19)24-22-21(18-12-6-2-7-13-18)27-20(23-22)16-17-10-4-1-5-11-17;21-17-12-11-16(27-17)19-20(23-28(24,25)15-9-5-2-6-10-15)22-18(26-19)13-14-7-3-1-4-8-14/h1,3-5,8-11,14-15,18,24H,2,6-7,12-13,16H2;1-12,23H,13H2. The number of thiophene rings is 1. The monoisotopic (exact) mass is 826 g/mol. The highest BCUT2D eigenvalue weighted by Crippen LogP contribution is 2.39. The lowest BCUT2D eigenvalue weighted by atomic mass is 9.87. The summed E-state index contributed by atoms with van der Waals surface area (Å²) in [6.07, 6.45) is 6.45. The first kappa shape index (κ1) is 39.0. The van der Waals surface area contributed by atoms with Gasteiger partial charge in [0.05, 0.1) is 19.0 Å². The van der Waals surface area contributed by atoms with Crippen LogP contribution in [0.4, 0.5) is 11.6 Å². The number of anilines is 2. The first-order valence-electron chi connectivity index (χ1n) is 18.1. The van der Waals surface area contributed by atoms with Crippen LogP contribution >= 0.6 is 22.9 Å².